The van der Waals surface area contributed by atoms with E-state index in [-0.39, 0.29) is 18.4 Å². The molecule has 0 fully saturated rings. The van der Waals surface area contributed by atoms with Gasteiger partial charge in [-0.1, -0.05) is 0 Å². The minimum atomic E-state index is -0.251. The van der Waals surface area contributed by atoms with Crippen LogP contribution in [0.2, 0.25) is 0 Å². The van der Waals surface area contributed by atoms with Crippen molar-refractivity contribution in [1.29, 1.82) is 0 Å². The second-order valence-electron chi connectivity index (χ2n) is 3.22. The maximum atomic E-state index is 11.3. The summed E-state index contributed by atoms with van der Waals surface area (Å²) in [5, 5.41) is 4.22. The third-order valence-corrected chi connectivity index (χ3v) is 2.08. The van der Waals surface area contributed by atoms with Gasteiger partial charge in [0.15, 0.2) is 5.78 Å². The molecule has 0 aliphatic carbocycles. The van der Waals surface area contributed by atoms with E-state index in [1.54, 1.807) is 4.68 Å². The molecule has 72 valence electrons. The van der Waals surface area contributed by atoms with Gasteiger partial charge in [-0.3, -0.25) is 9.48 Å². The van der Waals surface area contributed by atoms with Gasteiger partial charge in [-0.05, 0) is 26.8 Å². The van der Waals surface area contributed by atoms with E-state index in [2.05, 4.69) is 5.10 Å². The average molecular weight is 181 g/mol. The minimum absolute atomic E-state index is 0.00574. The molecular weight excluding hydrogens is 166 g/mol. The highest BCUT2D eigenvalue weighted by Gasteiger charge is 2.15. The number of aryl methyl sites for hydroxylation is 2. The van der Waals surface area contributed by atoms with Gasteiger partial charge in [0, 0.05) is 5.69 Å². The summed E-state index contributed by atoms with van der Waals surface area (Å²) in [6, 6.07) is 1.69. The third kappa shape index (κ3) is 1.95. The molecular formula is C9H15N3O. The molecule has 0 radical (unpaired) electrons. The molecule has 4 nitrogen and oxygen atoms in total. The summed E-state index contributed by atoms with van der Waals surface area (Å²) in [6.07, 6.45) is 0. The predicted molar refractivity (Wildman–Crippen MR) is 50.5 cm³/mol. The first-order valence-electron chi connectivity index (χ1n) is 4.31. The first kappa shape index (κ1) is 9.92. The maximum absolute atomic E-state index is 11.3. The lowest BCUT2D eigenvalue weighted by molar-refractivity contribution is -0.120. The number of aromatic nitrogens is 2. The van der Waals surface area contributed by atoms with Crippen molar-refractivity contribution in [1.82, 2.24) is 9.78 Å². The summed E-state index contributed by atoms with van der Waals surface area (Å²) in [5.41, 5.74) is 7.19. The molecule has 1 atom stereocenters. The van der Waals surface area contributed by atoms with Crippen molar-refractivity contribution in [2.45, 2.75) is 26.8 Å². The Kier molecular flexibility index (Phi) is 2.83. The molecule has 13 heavy (non-hydrogen) atoms. The van der Waals surface area contributed by atoms with Crippen LogP contribution in [-0.2, 0) is 4.79 Å². The normalized spacial score (nSPS) is 12.9. The van der Waals surface area contributed by atoms with Crippen LogP contribution in [0.25, 0.3) is 0 Å². The van der Waals surface area contributed by atoms with Gasteiger partial charge < -0.3 is 5.73 Å². The van der Waals surface area contributed by atoms with Gasteiger partial charge in [-0.25, -0.2) is 0 Å². The number of hydrogen-bond acceptors (Lipinski definition) is 3. The fraction of sp³-hybridized carbons (Fsp3) is 0.556. The molecule has 1 rings (SSSR count). The summed E-state index contributed by atoms with van der Waals surface area (Å²) in [6.45, 7) is 5.72. The highest BCUT2D eigenvalue weighted by Crippen LogP contribution is 2.10. The number of carbonyl (C=O) groups excluding carboxylic acids is 1. The van der Waals surface area contributed by atoms with E-state index < -0.39 is 0 Å². The van der Waals surface area contributed by atoms with Crippen LogP contribution in [0.1, 0.15) is 24.4 Å². The zero-order valence-electron chi connectivity index (χ0n) is 8.24. The van der Waals surface area contributed by atoms with Crippen LogP contribution in [0.5, 0.6) is 0 Å². The zero-order valence-corrected chi connectivity index (χ0v) is 8.24. The van der Waals surface area contributed by atoms with Crippen LogP contribution in [-0.4, -0.2) is 22.1 Å². The number of carbonyl (C=O) groups is 1. The fourth-order valence-electron chi connectivity index (χ4n) is 1.35. The lowest BCUT2D eigenvalue weighted by atomic mass is 10.2. The summed E-state index contributed by atoms with van der Waals surface area (Å²) >= 11 is 0. The number of ketones is 1. The lowest BCUT2D eigenvalue weighted by Gasteiger charge is -2.11. The van der Waals surface area contributed by atoms with Crippen LogP contribution in [0.4, 0.5) is 0 Å². The monoisotopic (exact) mass is 181 g/mol. The molecule has 0 bridgehead atoms. The number of nitrogens with two attached hydrogens (primary N) is 1. The lowest BCUT2D eigenvalue weighted by Crippen LogP contribution is -2.25. The maximum Gasteiger partial charge on any atom is 0.170 e. The van der Waals surface area contributed by atoms with E-state index in [1.165, 1.54) is 0 Å². The van der Waals surface area contributed by atoms with E-state index in [0.29, 0.717) is 0 Å². The molecule has 0 aliphatic rings. The van der Waals surface area contributed by atoms with Crippen LogP contribution in [0, 0.1) is 13.8 Å². The molecule has 0 aliphatic heterocycles. The molecule has 1 heterocycles. The standard InChI is InChI=1S/C9H15N3O/c1-6-4-7(2)12(11-6)8(3)9(13)5-10/h4,8H,5,10H2,1-3H3. The first-order valence-corrected chi connectivity index (χ1v) is 4.31. The number of nitrogens with zero attached hydrogens (tertiary/aromatic N) is 2. The Morgan fingerprint density at radius 2 is 2.31 bits per heavy atom. The summed E-state index contributed by atoms with van der Waals surface area (Å²) in [7, 11) is 0. The number of rotatable bonds is 3. The van der Waals surface area contributed by atoms with E-state index in [9.17, 15) is 4.79 Å². The van der Waals surface area contributed by atoms with Gasteiger partial charge in [0.2, 0.25) is 0 Å². The molecule has 0 saturated carbocycles. The summed E-state index contributed by atoms with van der Waals surface area (Å²) < 4.78 is 1.71. The Labute approximate surface area is 77.7 Å². The van der Waals surface area contributed by atoms with Crippen molar-refractivity contribution in [2.75, 3.05) is 6.54 Å². The van der Waals surface area contributed by atoms with Crippen LogP contribution in [0.15, 0.2) is 6.07 Å². The highest BCUT2D eigenvalue weighted by atomic mass is 16.1. The largest absolute Gasteiger partial charge is 0.324 e. The van der Waals surface area contributed by atoms with Gasteiger partial charge in [0.05, 0.1) is 12.2 Å². The van der Waals surface area contributed by atoms with E-state index in [0.717, 1.165) is 11.4 Å². The van der Waals surface area contributed by atoms with Gasteiger partial charge in [0.1, 0.15) is 6.04 Å². The smallest absolute Gasteiger partial charge is 0.170 e. The molecule has 0 amide bonds. The molecule has 1 aromatic heterocycles. The molecule has 1 unspecified atom stereocenters. The van der Waals surface area contributed by atoms with Crippen molar-refractivity contribution in [2.24, 2.45) is 5.73 Å². The van der Waals surface area contributed by atoms with Crippen molar-refractivity contribution in [3.63, 3.8) is 0 Å². The first-order chi connectivity index (χ1) is 6.06. The Morgan fingerprint density at radius 3 is 2.69 bits per heavy atom. The Balaban J connectivity index is 2.94. The zero-order chi connectivity index (χ0) is 10.0. The van der Waals surface area contributed by atoms with Crippen LogP contribution < -0.4 is 5.73 Å². The number of Topliss-reactive ketones (excluding diaryl/α,β-unsaturated/α-hetero) is 1. The molecule has 0 aromatic carbocycles. The van der Waals surface area contributed by atoms with Crippen molar-refractivity contribution >= 4 is 5.78 Å². The van der Waals surface area contributed by atoms with Crippen molar-refractivity contribution in [3.8, 4) is 0 Å². The second kappa shape index (κ2) is 3.70. The highest BCUT2D eigenvalue weighted by molar-refractivity contribution is 5.83. The molecule has 0 saturated heterocycles. The van der Waals surface area contributed by atoms with Gasteiger partial charge >= 0.3 is 0 Å². The fourth-order valence-corrected chi connectivity index (χ4v) is 1.35. The topological polar surface area (TPSA) is 60.9 Å². The minimum Gasteiger partial charge on any atom is -0.324 e. The Bertz CT molecular complexity index is 317. The van der Waals surface area contributed by atoms with Crippen LogP contribution >= 0.6 is 0 Å². The molecule has 1 aromatic rings. The predicted octanol–water partition coefficient (Wildman–Crippen LogP) is 0.589. The average Bonchev–Trinajstić information content (AvgIpc) is 2.42. The second-order valence-corrected chi connectivity index (χ2v) is 3.22. The van der Waals surface area contributed by atoms with Crippen molar-refractivity contribution in [3.05, 3.63) is 17.5 Å². The van der Waals surface area contributed by atoms with Crippen LogP contribution in [0.3, 0.4) is 0 Å². The van der Waals surface area contributed by atoms with Gasteiger partial charge in [-0.15, -0.1) is 0 Å². The molecule has 0 spiro atoms. The SMILES string of the molecule is Cc1cc(C)n(C(C)C(=O)CN)n1. The Morgan fingerprint density at radius 1 is 1.69 bits per heavy atom. The third-order valence-electron chi connectivity index (χ3n) is 2.08. The van der Waals surface area contributed by atoms with E-state index in [4.69, 9.17) is 5.73 Å². The summed E-state index contributed by atoms with van der Waals surface area (Å²) in [4.78, 5) is 11.3. The Hall–Kier alpha value is -1.16. The van der Waals surface area contributed by atoms with E-state index in [1.807, 2.05) is 26.8 Å². The number of hydrogen-bond donors (Lipinski definition) is 1. The molecule has 4 heteroatoms. The van der Waals surface area contributed by atoms with E-state index >= 15 is 0 Å². The molecule has 2 N–H and O–H groups in total. The van der Waals surface area contributed by atoms with Gasteiger partial charge in [0.25, 0.3) is 0 Å². The quantitative estimate of drug-likeness (QED) is 0.742. The van der Waals surface area contributed by atoms with Crippen molar-refractivity contribution < 1.29 is 4.79 Å². The van der Waals surface area contributed by atoms with Gasteiger partial charge in [-0.2, -0.15) is 5.10 Å². The summed E-state index contributed by atoms with van der Waals surface area (Å²) in [5.74, 6) is 0.00574.